The van der Waals surface area contributed by atoms with Gasteiger partial charge < -0.3 is 20.6 Å². The van der Waals surface area contributed by atoms with Crippen molar-refractivity contribution in [2.24, 2.45) is 5.92 Å². The first-order valence-corrected chi connectivity index (χ1v) is 9.45. The van der Waals surface area contributed by atoms with Gasteiger partial charge in [0.25, 0.3) is 0 Å². The fourth-order valence-corrected chi connectivity index (χ4v) is 3.50. The minimum atomic E-state index is -0.777. The van der Waals surface area contributed by atoms with Gasteiger partial charge in [0.1, 0.15) is 0 Å². The number of rotatable bonds is 8. The van der Waals surface area contributed by atoms with E-state index in [0.717, 1.165) is 21.7 Å². The first-order valence-electron chi connectivity index (χ1n) is 8.47. The Labute approximate surface area is 158 Å². The van der Waals surface area contributed by atoms with Crippen LogP contribution in [0.25, 0.3) is 0 Å². The number of hydrogen-bond acceptors (Lipinski definition) is 5. The second kappa shape index (κ2) is 9.73. The van der Waals surface area contributed by atoms with Gasteiger partial charge in [0.15, 0.2) is 0 Å². The molecule has 4 N–H and O–H groups in total. The van der Waals surface area contributed by atoms with Crippen molar-refractivity contribution in [2.75, 3.05) is 11.1 Å². The second-order valence-corrected chi connectivity index (χ2v) is 7.38. The summed E-state index contributed by atoms with van der Waals surface area (Å²) in [6.07, 6.45) is -1.46. The number of anilines is 1. The van der Waals surface area contributed by atoms with Gasteiger partial charge >= 0.3 is 0 Å². The summed E-state index contributed by atoms with van der Waals surface area (Å²) < 4.78 is 0. The maximum atomic E-state index is 11.0. The number of hydrogen-bond donors (Lipinski definition) is 4. The molecular weight excluding hydrogens is 350 g/mol. The van der Waals surface area contributed by atoms with Gasteiger partial charge in [0.2, 0.25) is 5.91 Å². The number of benzene rings is 2. The van der Waals surface area contributed by atoms with Crippen LogP contribution in [-0.4, -0.2) is 33.1 Å². The zero-order valence-corrected chi connectivity index (χ0v) is 15.7. The maximum absolute atomic E-state index is 11.0. The first-order chi connectivity index (χ1) is 12.4. The Kier molecular flexibility index (Phi) is 7.66. The van der Waals surface area contributed by atoms with Crippen molar-refractivity contribution < 1.29 is 20.1 Å². The molecule has 0 fully saturated rings. The van der Waals surface area contributed by atoms with Crippen LogP contribution in [0, 0.1) is 5.92 Å². The predicted molar refractivity (Wildman–Crippen MR) is 104 cm³/mol. The molecule has 5 nitrogen and oxygen atoms in total. The summed E-state index contributed by atoms with van der Waals surface area (Å²) in [4.78, 5) is 12.0. The summed E-state index contributed by atoms with van der Waals surface area (Å²) in [5.74, 6) is 0.00341. The van der Waals surface area contributed by atoms with Crippen LogP contribution in [-0.2, 0) is 11.4 Å². The Bertz CT molecular complexity index is 703. The Hall–Kier alpha value is -1.86. The summed E-state index contributed by atoms with van der Waals surface area (Å²) >= 11 is 1.50. The van der Waals surface area contributed by atoms with Gasteiger partial charge in [-0.3, -0.25) is 4.79 Å². The quantitative estimate of drug-likeness (QED) is 0.533. The number of thioether (sulfide) groups is 1. The van der Waals surface area contributed by atoms with Gasteiger partial charge in [0.05, 0.1) is 18.8 Å². The van der Waals surface area contributed by atoms with Crippen molar-refractivity contribution in [1.82, 2.24) is 0 Å². The molecule has 0 aromatic heterocycles. The van der Waals surface area contributed by atoms with E-state index in [2.05, 4.69) is 5.32 Å². The summed E-state index contributed by atoms with van der Waals surface area (Å²) in [5.41, 5.74) is 2.24. The highest BCUT2D eigenvalue weighted by Crippen LogP contribution is 2.29. The molecule has 6 heteroatoms. The fourth-order valence-electron chi connectivity index (χ4n) is 2.51. The maximum Gasteiger partial charge on any atom is 0.221 e. The van der Waals surface area contributed by atoms with Gasteiger partial charge in [-0.15, -0.1) is 11.8 Å². The minimum Gasteiger partial charge on any atom is -0.392 e. The highest BCUT2D eigenvalue weighted by Gasteiger charge is 2.24. The van der Waals surface area contributed by atoms with Crippen LogP contribution in [0.1, 0.15) is 31.1 Å². The van der Waals surface area contributed by atoms with Crippen molar-refractivity contribution in [1.29, 1.82) is 0 Å². The lowest BCUT2D eigenvalue weighted by Crippen LogP contribution is -2.26. The lowest BCUT2D eigenvalue weighted by molar-refractivity contribution is -0.114. The Morgan fingerprint density at radius 3 is 2.23 bits per heavy atom. The summed E-state index contributed by atoms with van der Waals surface area (Å²) in [5, 5.41) is 32.7. The Balaban J connectivity index is 1.89. The van der Waals surface area contributed by atoms with E-state index >= 15 is 0 Å². The molecule has 0 saturated heterocycles. The third kappa shape index (κ3) is 5.85. The third-order valence-electron chi connectivity index (χ3n) is 4.20. The molecule has 140 valence electrons. The summed E-state index contributed by atoms with van der Waals surface area (Å²) in [7, 11) is 0. The van der Waals surface area contributed by atoms with Crippen LogP contribution in [0.5, 0.6) is 0 Å². The van der Waals surface area contributed by atoms with Gasteiger partial charge in [-0.25, -0.2) is 0 Å². The van der Waals surface area contributed by atoms with Crippen molar-refractivity contribution >= 4 is 23.4 Å². The van der Waals surface area contributed by atoms with Gasteiger partial charge in [-0.05, 0) is 35.4 Å². The molecule has 0 spiro atoms. The van der Waals surface area contributed by atoms with Crippen LogP contribution in [0.4, 0.5) is 5.69 Å². The average molecular weight is 375 g/mol. The summed E-state index contributed by atoms with van der Waals surface area (Å²) in [6, 6.07) is 14.5. The van der Waals surface area contributed by atoms with E-state index in [1.807, 2.05) is 31.2 Å². The molecule has 0 aliphatic heterocycles. The molecule has 0 aliphatic rings. The largest absolute Gasteiger partial charge is 0.392 e. The van der Waals surface area contributed by atoms with E-state index in [1.54, 1.807) is 24.3 Å². The average Bonchev–Trinajstić information content (AvgIpc) is 2.65. The number of nitrogens with one attached hydrogen (secondary N) is 1. The van der Waals surface area contributed by atoms with Crippen LogP contribution < -0.4 is 5.32 Å². The van der Waals surface area contributed by atoms with E-state index in [1.165, 1.54) is 18.7 Å². The number of carbonyl (C=O) groups is 1. The molecule has 0 bridgehead atoms. The minimum absolute atomic E-state index is 0.0358. The first kappa shape index (κ1) is 20.5. The molecule has 0 unspecified atom stereocenters. The van der Waals surface area contributed by atoms with Crippen molar-refractivity contribution in [3.05, 3.63) is 59.7 Å². The van der Waals surface area contributed by atoms with Gasteiger partial charge in [-0.1, -0.05) is 31.2 Å². The zero-order chi connectivity index (χ0) is 19.1. The monoisotopic (exact) mass is 375 g/mol. The van der Waals surface area contributed by atoms with Gasteiger partial charge in [0, 0.05) is 29.2 Å². The molecule has 1 amide bonds. The number of amides is 1. The molecule has 26 heavy (non-hydrogen) atoms. The van der Waals surface area contributed by atoms with Crippen LogP contribution >= 0.6 is 11.8 Å². The van der Waals surface area contributed by atoms with Gasteiger partial charge in [-0.2, -0.15) is 0 Å². The lowest BCUT2D eigenvalue weighted by Gasteiger charge is -2.24. The predicted octanol–water partition coefficient (Wildman–Crippen LogP) is 2.96. The molecular formula is C20H25NO4S. The van der Waals surface area contributed by atoms with Crippen molar-refractivity contribution in [3.63, 3.8) is 0 Å². The summed E-state index contributed by atoms with van der Waals surface area (Å²) in [6.45, 7) is 3.24. The molecule has 2 rings (SSSR count). The molecule has 2 aromatic rings. The van der Waals surface area contributed by atoms with Crippen LogP contribution in [0.3, 0.4) is 0 Å². The number of aliphatic hydroxyl groups is 3. The fraction of sp³-hybridized carbons (Fsp3) is 0.350. The lowest BCUT2D eigenvalue weighted by atomic mass is 9.93. The van der Waals surface area contributed by atoms with E-state index in [-0.39, 0.29) is 18.4 Å². The second-order valence-electron chi connectivity index (χ2n) is 6.29. The zero-order valence-electron chi connectivity index (χ0n) is 14.9. The SMILES string of the molecule is CC(=O)Nc1ccc(SC[C@H](O)[C@@H](C)[C@H](O)c2ccc(CO)cc2)cc1. The third-order valence-corrected chi connectivity index (χ3v) is 5.32. The Morgan fingerprint density at radius 1 is 1.08 bits per heavy atom. The molecule has 0 aliphatic carbocycles. The standard InChI is InChI=1S/C20H25NO4S/c1-13(20(25)16-5-3-15(11-22)4-6-16)19(24)12-26-18-9-7-17(8-10-18)21-14(2)23/h3-10,13,19-20,22,24-25H,11-12H2,1-2H3,(H,21,23)/t13-,19+,20+/m1/s1. The van der Waals surface area contributed by atoms with E-state index < -0.39 is 12.2 Å². The Morgan fingerprint density at radius 2 is 1.69 bits per heavy atom. The molecule has 0 radical (unpaired) electrons. The van der Waals surface area contributed by atoms with E-state index in [4.69, 9.17) is 5.11 Å². The van der Waals surface area contributed by atoms with Crippen LogP contribution in [0.2, 0.25) is 0 Å². The van der Waals surface area contributed by atoms with Crippen molar-refractivity contribution in [3.8, 4) is 0 Å². The highest BCUT2D eigenvalue weighted by molar-refractivity contribution is 7.99. The van der Waals surface area contributed by atoms with E-state index in [0.29, 0.717) is 5.75 Å². The van der Waals surface area contributed by atoms with E-state index in [9.17, 15) is 15.0 Å². The topological polar surface area (TPSA) is 89.8 Å². The number of aliphatic hydroxyl groups excluding tert-OH is 3. The smallest absolute Gasteiger partial charge is 0.221 e. The molecule has 0 heterocycles. The molecule has 0 saturated carbocycles. The number of carbonyl (C=O) groups excluding carboxylic acids is 1. The molecule has 3 atom stereocenters. The van der Waals surface area contributed by atoms with Crippen LogP contribution in [0.15, 0.2) is 53.4 Å². The highest BCUT2D eigenvalue weighted by atomic mass is 32.2. The van der Waals surface area contributed by atoms with Crippen molar-refractivity contribution in [2.45, 2.75) is 37.6 Å². The normalized spacial score (nSPS) is 14.5. The molecule has 2 aromatic carbocycles.